The van der Waals surface area contributed by atoms with E-state index in [9.17, 15) is 8.42 Å². The van der Waals surface area contributed by atoms with E-state index < -0.39 is 10.0 Å². The fraction of sp³-hybridized carbons (Fsp3) is 0.294. The van der Waals surface area contributed by atoms with Crippen LogP contribution in [0.3, 0.4) is 0 Å². The van der Waals surface area contributed by atoms with E-state index in [1.165, 1.54) is 6.20 Å². The monoisotopic (exact) mass is 344 g/mol. The fourth-order valence-corrected chi connectivity index (χ4v) is 3.95. The van der Waals surface area contributed by atoms with Crippen molar-refractivity contribution in [2.24, 2.45) is 0 Å². The Morgan fingerprint density at radius 2 is 1.88 bits per heavy atom. The smallest absolute Gasteiger partial charge is 0.262 e. The molecule has 0 radical (unpaired) electrons. The van der Waals surface area contributed by atoms with Gasteiger partial charge in [0.25, 0.3) is 10.0 Å². The zero-order chi connectivity index (χ0) is 17.5. The lowest BCUT2D eigenvalue weighted by Gasteiger charge is -2.11. The van der Waals surface area contributed by atoms with Gasteiger partial charge in [0.2, 0.25) is 0 Å². The minimum atomic E-state index is -3.66. The summed E-state index contributed by atoms with van der Waals surface area (Å²) in [7, 11) is -3.66. The normalized spacial score (nSPS) is 12.0. The molecule has 1 aromatic carbocycles. The van der Waals surface area contributed by atoms with E-state index in [4.69, 9.17) is 0 Å². The molecule has 3 aromatic rings. The maximum atomic E-state index is 12.7. The van der Waals surface area contributed by atoms with Crippen molar-refractivity contribution in [3.63, 3.8) is 0 Å². The third kappa shape index (κ3) is 2.99. The van der Waals surface area contributed by atoms with Crippen molar-refractivity contribution in [2.75, 3.05) is 4.72 Å². The Morgan fingerprint density at radius 1 is 1.12 bits per heavy atom. The van der Waals surface area contributed by atoms with Gasteiger partial charge < -0.3 is 0 Å². The molecule has 0 spiro atoms. The molecule has 0 atom stereocenters. The van der Waals surface area contributed by atoms with Crippen LogP contribution in [0.1, 0.15) is 31.0 Å². The Hall–Kier alpha value is -2.41. The highest BCUT2D eigenvalue weighted by molar-refractivity contribution is 7.92. The highest BCUT2D eigenvalue weighted by Gasteiger charge is 2.18. The number of benzene rings is 1. The van der Waals surface area contributed by atoms with Crippen LogP contribution in [0.2, 0.25) is 0 Å². The van der Waals surface area contributed by atoms with E-state index >= 15 is 0 Å². The van der Waals surface area contributed by atoms with E-state index in [1.54, 1.807) is 36.0 Å². The molecule has 2 heterocycles. The number of aryl methyl sites for hydroxylation is 2. The first-order valence-corrected chi connectivity index (χ1v) is 9.19. The average molecular weight is 344 g/mol. The van der Waals surface area contributed by atoms with Crippen LogP contribution < -0.4 is 4.72 Å². The number of anilines is 1. The van der Waals surface area contributed by atoms with E-state index in [1.807, 2.05) is 26.8 Å². The number of nitrogens with zero attached hydrogens (tertiary/aromatic N) is 3. The molecule has 0 amide bonds. The van der Waals surface area contributed by atoms with E-state index in [2.05, 4.69) is 14.8 Å². The van der Waals surface area contributed by atoms with Crippen LogP contribution in [0.5, 0.6) is 0 Å². The quantitative estimate of drug-likeness (QED) is 0.786. The van der Waals surface area contributed by atoms with Gasteiger partial charge in [-0.3, -0.25) is 4.72 Å². The van der Waals surface area contributed by atoms with E-state index in [0.29, 0.717) is 11.3 Å². The minimum Gasteiger partial charge on any atom is -0.278 e. The third-order valence-electron chi connectivity index (χ3n) is 3.81. The second-order valence-corrected chi connectivity index (χ2v) is 7.84. The van der Waals surface area contributed by atoms with Crippen molar-refractivity contribution in [2.45, 2.75) is 38.6 Å². The summed E-state index contributed by atoms with van der Waals surface area (Å²) in [6.45, 7) is 7.69. The van der Waals surface area contributed by atoms with Gasteiger partial charge in [-0.25, -0.2) is 18.1 Å². The van der Waals surface area contributed by atoms with Gasteiger partial charge in [-0.05, 0) is 51.0 Å². The maximum absolute atomic E-state index is 12.7. The summed E-state index contributed by atoms with van der Waals surface area (Å²) >= 11 is 0. The summed E-state index contributed by atoms with van der Waals surface area (Å²) in [5, 5.41) is 5.09. The maximum Gasteiger partial charge on any atom is 0.262 e. The fourth-order valence-electron chi connectivity index (χ4n) is 2.58. The second-order valence-electron chi connectivity index (χ2n) is 6.19. The molecule has 0 aliphatic carbocycles. The predicted molar refractivity (Wildman–Crippen MR) is 94.6 cm³/mol. The standard InChI is InChI=1S/C17H20N4O2S/c1-11(2)21-17-14(9-19-21)8-15(10-18-17)20-24(22,23)16-7-12(3)5-6-13(16)4/h5-11,20H,1-4H3. The highest BCUT2D eigenvalue weighted by atomic mass is 32.2. The molecule has 7 heteroatoms. The molecule has 3 rings (SSSR count). The minimum absolute atomic E-state index is 0.187. The number of pyridine rings is 1. The summed E-state index contributed by atoms with van der Waals surface area (Å²) in [5.41, 5.74) is 2.76. The van der Waals surface area contributed by atoms with Crippen molar-refractivity contribution in [3.8, 4) is 0 Å². The van der Waals surface area contributed by atoms with Crippen LogP contribution in [0, 0.1) is 13.8 Å². The van der Waals surface area contributed by atoms with Crippen molar-refractivity contribution >= 4 is 26.7 Å². The third-order valence-corrected chi connectivity index (χ3v) is 5.33. The van der Waals surface area contributed by atoms with Crippen molar-refractivity contribution in [1.82, 2.24) is 14.8 Å². The molecular weight excluding hydrogens is 324 g/mol. The number of hydrogen-bond acceptors (Lipinski definition) is 4. The van der Waals surface area contributed by atoms with Gasteiger partial charge in [0.15, 0.2) is 5.65 Å². The molecule has 0 unspecified atom stereocenters. The lowest BCUT2D eigenvalue weighted by atomic mass is 10.2. The summed E-state index contributed by atoms with van der Waals surface area (Å²) in [6, 6.07) is 7.30. The number of aromatic nitrogens is 3. The molecule has 0 aliphatic heterocycles. The largest absolute Gasteiger partial charge is 0.278 e. The number of sulfonamides is 1. The molecule has 0 bridgehead atoms. The molecule has 24 heavy (non-hydrogen) atoms. The van der Waals surface area contributed by atoms with Crippen LogP contribution in [-0.4, -0.2) is 23.2 Å². The molecule has 0 aliphatic rings. The van der Waals surface area contributed by atoms with Crippen molar-refractivity contribution in [1.29, 1.82) is 0 Å². The lowest BCUT2D eigenvalue weighted by molar-refractivity contribution is 0.546. The van der Waals surface area contributed by atoms with Crippen molar-refractivity contribution < 1.29 is 8.42 Å². The summed E-state index contributed by atoms with van der Waals surface area (Å²) in [6.07, 6.45) is 3.21. The summed E-state index contributed by atoms with van der Waals surface area (Å²) in [5.74, 6) is 0. The van der Waals surface area contributed by atoms with Gasteiger partial charge in [0, 0.05) is 11.4 Å². The Balaban J connectivity index is 1.98. The molecule has 2 aromatic heterocycles. The average Bonchev–Trinajstić information content (AvgIpc) is 2.92. The van der Waals surface area contributed by atoms with Crippen LogP contribution in [-0.2, 0) is 10.0 Å². The molecule has 0 saturated carbocycles. The van der Waals surface area contributed by atoms with Crippen LogP contribution in [0.4, 0.5) is 5.69 Å². The van der Waals surface area contributed by atoms with Crippen LogP contribution >= 0.6 is 0 Å². The predicted octanol–water partition coefficient (Wildman–Crippen LogP) is 3.43. The van der Waals surface area contributed by atoms with E-state index in [-0.39, 0.29) is 10.9 Å². The van der Waals surface area contributed by atoms with Gasteiger partial charge in [-0.2, -0.15) is 5.10 Å². The van der Waals surface area contributed by atoms with Gasteiger partial charge in [-0.1, -0.05) is 12.1 Å². The Bertz CT molecular complexity index is 1010. The first-order valence-electron chi connectivity index (χ1n) is 7.71. The highest BCUT2D eigenvalue weighted by Crippen LogP contribution is 2.23. The summed E-state index contributed by atoms with van der Waals surface area (Å²) < 4.78 is 29.7. The van der Waals surface area contributed by atoms with Crippen LogP contribution in [0.25, 0.3) is 11.0 Å². The number of nitrogens with one attached hydrogen (secondary N) is 1. The molecule has 1 N–H and O–H groups in total. The number of hydrogen-bond donors (Lipinski definition) is 1. The molecule has 0 fully saturated rings. The van der Waals surface area contributed by atoms with Gasteiger partial charge in [-0.15, -0.1) is 0 Å². The van der Waals surface area contributed by atoms with Crippen LogP contribution in [0.15, 0.2) is 41.6 Å². The molecule has 126 valence electrons. The lowest BCUT2D eigenvalue weighted by Crippen LogP contribution is -2.14. The number of rotatable bonds is 4. The number of fused-ring (bicyclic) bond motifs is 1. The first-order chi connectivity index (χ1) is 11.3. The zero-order valence-corrected chi connectivity index (χ0v) is 14.9. The van der Waals surface area contributed by atoms with Gasteiger partial charge >= 0.3 is 0 Å². The van der Waals surface area contributed by atoms with Gasteiger partial charge in [0.05, 0.1) is 23.0 Å². The van der Waals surface area contributed by atoms with E-state index in [0.717, 1.165) is 16.6 Å². The van der Waals surface area contributed by atoms with Gasteiger partial charge in [0.1, 0.15) is 0 Å². The molecule has 0 saturated heterocycles. The Labute approximate surface area is 141 Å². The van der Waals surface area contributed by atoms with Crippen molar-refractivity contribution in [3.05, 3.63) is 47.8 Å². The first kappa shape index (κ1) is 16.4. The Morgan fingerprint density at radius 3 is 2.58 bits per heavy atom. The molecular formula is C17H20N4O2S. The topological polar surface area (TPSA) is 76.9 Å². The summed E-state index contributed by atoms with van der Waals surface area (Å²) in [4.78, 5) is 4.63. The second kappa shape index (κ2) is 5.90. The SMILES string of the molecule is Cc1ccc(C)c(S(=O)(=O)Nc2cnc3c(cnn3C(C)C)c2)c1. The zero-order valence-electron chi connectivity index (χ0n) is 14.1. The Kier molecular flexibility index (Phi) is 4.04. The molecule has 6 nitrogen and oxygen atoms in total.